The number of benzene rings is 2. The van der Waals surface area contributed by atoms with Crippen LogP contribution in [0.2, 0.25) is 0 Å². The first-order chi connectivity index (χ1) is 14.7. The summed E-state index contributed by atoms with van der Waals surface area (Å²) in [7, 11) is 0. The van der Waals surface area contributed by atoms with Gasteiger partial charge in [0.1, 0.15) is 0 Å². The summed E-state index contributed by atoms with van der Waals surface area (Å²) < 4.78 is 1.99. The highest BCUT2D eigenvalue weighted by Crippen LogP contribution is 2.20. The molecule has 0 saturated heterocycles. The van der Waals surface area contributed by atoms with Crippen molar-refractivity contribution in [3.05, 3.63) is 83.9 Å². The van der Waals surface area contributed by atoms with Crippen LogP contribution in [0.5, 0.6) is 0 Å². The van der Waals surface area contributed by atoms with Gasteiger partial charge < -0.3 is 20.3 Å². The van der Waals surface area contributed by atoms with Gasteiger partial charge in [0.2, 0.25) is 0 Å². The van der Waals surface area contributed by atoms with E-state index in [1.54, 1.807) is 24.7 Å². The maximum Gasteiger partial charge on any atom is 0.336 e. The van der Waals surface area contributed by atoms with Gasteiger partial charge in [-0.15, -0.1) is 0 Å². The highest BCUT2D eigenvalue weighted by atomic mass is 16.4. The minimum atomic E-state index is -0.871. The summed E-state index contributed by atoms with van der Waals surface area (Å²) in [5, 5.41) is 16.7. The number of aromatic nitrogens is 2. The second kappa shape index (κ2) is 9.69. The standard InChI is InChI=1S/C24H28N4O2/c29-24(30)21-6-2-1-5-19(21)16-27-23-8-4-3-7-22(23)26-15-18-9-11-20(12-10-18)28-14-13-25-17-28/h1-2,5-6,9-14,17,22-23,26-27H,3-4,7-8,15-16H2,(H,29,30)/t22-,23-/m0/s1. The first-order valence-electron chi connectivity index (χ1n) is 10.6. The van der Waals surface area contributed by atoms with E-state index in [0.29, 0.717) is 24.2 Å². The van der Waals surface area contributed by atoms with Crippen molar-refractivity contribution in [3.8, 4) is 5.69 Å². The van der Waals surface area contributed by atoms with Gasteiger partial charge >= 0.3 is 5.97 Å². The topological polar surface area (TPSA) is 79.2 Å². The molecule has 6 nitrogen and oxygen atoms in total. The number of hydrogen-bond acceptors (Lipinski definition) is 4. The monoisotopic (exact) mass is 404 g/mol. The van der Waals surface area contributed by atoms with E-state index in [-0.39, 0.29) is 0 Å². The molecule has 2 aromatic carbocycles. The Morgan fingerprint density at radius 1 is 1.00 bits per heavy atom. The van der Waals surface area contributed by atoms with E-state index in [9.17, 15) is 9.90 Å². The molecule has 30 heavy (non-hydrogen) atoms. The van der Waals surface area contributed by atoms with E-state index >= 15 is 0 Å². The number of hydrogen-bond donors (Lipinski definition) is 3. The molecule has 0 spiro atoms. The fourth-order valence-electron chi connectivity index (χ4n) is 4.19. The molecule has 1 saturated carbocycles. The Bertz CT molecular complexity index is 954. The van der Waals surface area contributed by atoms with E-state index in [1.165, 1.54) is 18.4 Å². The van der Waals surface area contributed by atoms with Gasteiger partial charge in [-0.2, -0.15) is 0 Å². The molecule has 0 aliphatic heterocycles. The molecule has 156 valence electrons. The number of carboxylic acids is 1. The van der Waals surface area contributed by atoms with Crippen molar-refractivity contribution in [2.24, 2.45) is 0 Å². The maximum atomic E-state index is 11.5. The van der Waals surface area contributed by atoms with Crippen LogP contribution < -0.4 is 10.6 Å². The number of nitrogens with zero attached hydrogens (tertiary/aromatic N) is 2. The van der Waals surface area contributed by atoms with Gasteiger partial charge in [-0.25, -0.2) is 9.78 Å². The molecule has 1 aliphatic carbocycles. The van der Waals surface area contributed by atoms with Crippen molar-refractivity contribution in [2.45, 2.75) is 50.9 Å². The molecule has 3 aromatic rings. The molecular weight excluding hydrogens is 376 g/mol. The Labute approximate surface area is 177 Å². The van der Waals surface area contributed by atoms with Crippen molar-refractivity contribution in [1.29, 1.82) is 0 Å². The van der Waals surface area contributed by atoms with Gasteiger partial charge in [-0.05, 0) is 42.2 Å². The van der Waals surface area contributed by atoms with Crippen LogP contribution in [0.1, 0.15) is 47.2 Å². The lowest BCUT2D eigenvalue weighted by atomic mass is 9.89. The Morgan fingerprint density at radius 2 is 1.70 bits per heavy atom. The second-order valence-corrected chi connectivity index (χ2v) is 7.86. The van der Waals surface area contributed by atoms with Crippen LogP contribution in [0.25, 0.3) is 5.69 Å². The predicted molar refractivity (Wildman–Crippen MR) is 117 cm³/mol. The average Bonchev–Trinajstić information content (AvgIpc) is 3.32. The Hall–Kier alpha value is -2.96. The van der Waals surface area contributed by atoms with E-state index in [1.807, 2.05) is 22.9 Å². The first-order valence-corrected chi connectivity index (χ1v) is 10.6. The lowest BCUT2D eigenvalue weighted by molar-refractivity contribution is 0.0695. The van der Waals surface area contributed by atoms with Crippen molar-refractivity contribution >= 4 is 5.97 Å². The number of carbonyl (C=O) groups is 1. The maximum absolute atomic E-state index is 11.5. The summed E-state index contributed by atoms with van der Waals surface area (Å²) in [6.45, 7) is 1.39. The molecule has 1 aliphatic rings. The average molecular weight is 405 g/mol. The lowest BCUT2D eigenvalue weighted by Gasteiger charge is -2.33. The van der Waals surface area contributed by atoms with Crippen molar-refractivity contribution < 1.29 is 9.90 Å². The van der Waals surface area contributed by atoms with Gasteiger partial charge in [-0.3, -0.25) is 0 Å². The zero-order valence-electron chi connectivity index (χ0n) is 17.0. The second-order valence-electron chi connectivity index (χ2n) is 7.86. The third-order valence-electron chi connectivity index (χ3n) is 5.88. The lowest BCUT2D eigenvalue weighted by Crippen LogP contribution is -2.49. The summed E-state index contributed by atoms with van der Waals surface area (Å²) >= 11 is 0. The summed E-state index contributed by atoms with van der Waals surface area (Å²) in [6.07, 6.45) is 10.2. The molecule has 1 aromatic heterocycles. The molecule has 4 rings (SSSR count). The molecule has 2 atom stereocenters. The van der Waals surface area contributed by atoms with Crippen molar-refractivity contribution in [2.75, 3.05) is 0 Å². The molecule has 0 radical (unpaired) electrons. The zero-order chi connectivity index (χ0) is 20.8. The molecule has 3 N–H and O–H groups in total. The number of carboxylic acid groups (broad SMARTS) is 1. The van der Waals surface area contributed by atoms with Crippen molar-refractivity contribution in [3.63, 3.8) is 0 Å². The van der Waals surface area contributed by atoms with Crippen LogP contribution in [-0.2, 0) is 13.1 Å². The Morgan fingerprint density at radius 3 is 2.37 bits per heavy atom. The molecule has 1 heterocycles. The van der Waals surface area contributed by atoms with Crippen LogP contribution in [0.15, 0.2) is 67.3 Å². The number of aromatic carboxylic acids is 1. The van der Waals surface area contributed by atoms with Gasteiger partial charge in [-0.1, -0.05) is 43.2 Å². The zero-order valence-corrected chi connectivity index (χ0v) is 17.0. The van der Waals surface area contributed by atoms with Gasteiger partial charge in [0.05, 0.1) is 11.9 Å². The predicted octanol–water partition coefficient (Wildman–Crippen LogP) is 3.76. The highest BCUT2D eigenvalue weighted by molar-refractivity contribution is 5.89. The number of rotatable bonds is 8. The molecular formula is C24H28N4O2. The molecule has 0 bridgehead atoms. The summed E-state index contributed by atoms with van der Waals surface area (Å²) in [5.41, 5.74) is 3.57. The normalized spacial score (nSPS) is 18.9. The summed E-state index contributed by atoms with van der Waals surface area (Å²) in [4.78, 5) is 15.5. The molecule has 0 amide bonds. The fraction of sp³-hybridized carbons (Fsp3) is 0.333. The highest BCUT2D eigenvalue weighted by Gasteiger charge is 2.24. The smallest absolute Gasteiger partial charge is 0.336 e. The summed E-state index contributed by atoms with van der Waals surface area (Å²) in [5.74, 6) is -0.871. The third kappa shape index (κ3) is 4.96. The van der Waals surface area contributed by atoms with Crippen molar-refractivity contribution in [1.82, 2.24) is 20.2 Å². The SMILES string of the molecule is O=C(O)c1ccccc1CN[C@H]1CCCC[C@@H]1NCc1ccc(-n2ccnc2)cc1. The number of nitrogens with one attached hydrogen (secondary N) is 2. The Kier molecular flexibility index (Phi) is 6.57. The third-order valence-corrected chi connectivity index (χ3v) is 5.88. The minimum absolute atomic E-state index is 0.339. The van der Waals surface area contributed by atoms with E-state index in [4.69, 9.17) is 0 Å². The van der Waals surface area contributed by atoms with Crippen LogP contribution in [0.4, 0.5) is 0 Å². The summed E-state index contributed by atoms with van der Waals surface area (Å²) in [6, 6.07) is 16.5. The largest absolute Gasteiger partial charge is 0.478 e. The Balaban J connectivity index is 1.34. The first kappa shape index (κ1) is 20.3. The van der Waals surface area contributed by atoms with Crippen LogP contribution in [-0.4, -0.2) is 32.7 Å². The quantitative estimate of drug-likeness (QED) is 0.533. The van der Waals surface area contributed by atoms with Crippen LogP contribution in [0.3, 0.4) is 0 Å². The van der Waals surface area contributed by atoms with Crippen LogP contribution in [0, 0.1) is 0 Å². The van der Waals surface area contributed by atoms with Crippen LogP contribution >= 0.6 is 0 Å². The van der Waals surface area contributed by atoms with Gasteiger partial charge in [0, 0.05) is 43.3 Å². The minimum Gasteiger partial charge on any atom is -0.478 e. The van der Waals surface area contributed by atoms with Gasteiger partial charge in [0.25, 0.3) is 0 Å². The van der Waals surface area contributed by atoms with E-state index < -0.39 is 5.97 Å². The van der Waals surface area contributed by atoms with E-state index in [0.717, 1.165) is 30.6 Å². The van der Waals surface area contributed by atoms with E-state index in [2.05, 4.69) is 39.9 Å². The molecule has 6 heteroatoms. The molecule has 1 fully saturated rings. The van der Waals surface area contributed by atoms with Gasteiger partial charge in [0.15, 0.2) is 0 Å². The number of imidazole rings is 1. The fourth-order valence-corrected chi connectivity index (χ4v) is 4.19. The molecule has 0 unspecified atom stereocenters.